The number of carbonyl (C=O) groups is 1. The zero-order valence-corrected chi connectivity index (χ0v) is 13.2. The van der Waals surface area contributed by atoms with Crippen molar-refractivity contribution in [3.8, 4) is 6.07 Å². The lowest BCUT2D eigenvalue weighted by atomic mass is 10.2. The number of hydrogen-bond acceptors (Lipinski definition) is 5. The average Bonchev–Trinajstić information content (AvgIpc) is 2.53. The molecule has 0 bridgehead atoms. The van der Waals surface area contributed by atoms with Crippen molar-refractivity contribution >= 4 is 27.1 Å². The smallest absolute Gasteiger partial charge is 0.243 e. The summed E-state index contributed by atoms with van der Waals surface area (Å²) in [5.41, 5.74) is 1.67. The van der Waals surface area contributed by atoms with Crippen molar-refractivity contribution in [3.63, 3.8) is 0 Å². The number of sulfone groups is 1. The molecule has 0 atom stereocenters. The van der Waals surface area contributed by atoms with Crippen LogP contribution in [-0.4, -0.2) is 27.1 Å². The number of anilines is 2. The standard InChI is InChI=1S/C16H15N3O3S/c1-23(21,22)15-4-2-3-14(9-15)19-16(20)11-18-13-7-5-12(10-17)6-8-13/h2-9,18H,11H2,1H3,(H,19,20). The summed E-state index contributed by atoms with van der Waals surface area (Å²) in [6.07, 6.45) is 1.11. The largest absolute Gasteiger partial charge is 0.376 e. The Morgan fingerprint density at radius 2 is 1.83 bits per heavy atom. The third-order valence-electron chi connectivity index (χ3n) is 3.01. The van der Waals surface area contributed by atoms with Crippen molar-refractivity contribution in [1.82, 2.24) is 0 Å². The molecule has 2 aromatic rings. The topological polar surface area (TPSA) is 99.1 Å². The van der Waals surface area contributed by atoms with Crippen molar-refractivity contribution in [2.45, 2.75) is 4.90 Å². The van der Waals surface area contributed by atoms with Crippen LogP contribution in [-0.2, 0) is 14.6 Å². The van der Waals surface area contributed by atoms with Crippen molar-refractivity contribution in [1.29, 1.82) is 5.26 Å². The molecule has 2 N–H and O–H groups in total. The molecule has 23 heavy (non-hydrogen) atoms. The summed E-state index contributed by atoms with van der Waals surface area (Å²) in [4.78, 5) is 12.0. The molecule has 2 aromatic carbocycles. The number of nitriles is 1. The van der Waals surface area contributed by atoms with E-state index in [1.807, 2.05) is 6.07 Å². The molecule has 0 saturated heterocycles. The summed E-state index contributed by atoms with van der Waals surface area (Å²) >= 11 is 0. The molecule has 0 aromatic heterocycles. The van der Waals surface area contributed by atoms with E-state index in [0.29, 0.717) is 16.9 Å². The van der Waals surface area contributed by atoms with Crippen LogP contribution in [0.4, 0.5) is 11.4 Å². The SMILES string of the molecule is CS(=O)(=O)c1cccc(NC(=O)CNc2ccc(C#N)cc2)c1. The highest BCUT2D eigenvalue weighted by atomic mass is 32.2. The third-order valence-corrected chi connectivity index (χ3v) is 4.12. The van der Waals surface area contributed by atoms with Crippen LogP contribution in [0.5, 0.6) is 0 Å². The van der Waals surface area contributed by atoms with Crippen LogP contribution in [0.1, 0.15) is 5.56 Å². The second-order valence-electron chi connectivity index (χ2n) is 4.89. The van der Waals surface area contributed by atoms with Gasteiger partial charge in [-0.1, -0.05) is 6.07 Å². The molecule has 7 heteroatoms. The monoisotopic (exact) mass is 329 g/mol. The zero-order chi connectivity index (χ0) is 16.9. The normalized spacial score (nSPS) is 10.6. The van der Waals surface area contributed by atoms with Gasteiger partial charge in [-0.3, -0.25) is 4.79 Å². The molecule has 0 aliphatic rings. The Morgan fingerprint density at radius 1 is 1.13 bits per heavy atom. The summed E-state index contributed by atoms with van der Waals surface area (Å²) in [5, 5.41) is 14.3. The molecule has 0 unspecified atom stereocenters. The number of carbonyl (C=O) groups excluding carboxylic acids is 1. The zero-order valence-electron chi connectivity index (χ0n) is 12.4. The van der Waals surface area contributed by atoms with Gasteiger partial charge in [0.1, 0.15) is 0 Å². The molecular weight excluding hydrogens is 314 g/mol. The highest BCUT2D eigenvalue weighted by molar-refractivity contribution is 7.90. The van der Waals surface area contributed by atoms with Gasteiger partial charge in [0.25, 0.3) is 0 Å². The first-order valence-corrected chi connectivity index (χ1v) is 8.61. The van der Waals surface area contributed by atoms with Gasteiger partial charge in [0.2, 0.25) is 5.91 Å². The molecule has 0 heterocycles. The van der Waals surface area contributed by atoms with E-state index in [0.717, 1.165) is 6.26 Å². The van der Waals surface area contributed by atoms with E-state index in [1.165, 1.54) is 12.1 Å². The Labute approximate surface area is 134 Å². The predicted octanol–water partition coefficient (Wildman–Crippen LogP) is 2.01. The predicted molar refractivity (Wildman–Crippen MR) is 87.8 cm³/mol. The highest BCUT2D eigenvalue weighted by Gasteiger charge is 2.09. The van der Waals surface area contributed by atoms with Gasteiger partial charge < -0.3 is 10.6 Å². The van der Waals surface area contributed by atoms with Crippen molar-refractivity contribution in [2.24, 2.45) is 0 Å². The van der Waals surface area contributed by atoms with Crippen molar-refractivity contribution in [3.05, 3.63) is 54.1 Å². The van der Waals surface area contributed by atoms with Crippen LogP contribution >= 0.6 is 0 Å². The Morgan fingerprint density at radius 3 is 2.43 bits per heavy atom. The van der Waals surface area contributed by atoms with E-state index in [9.17, 15) is 13.2 Å². The van der Waals surface area contributed by atoms with Gasteiger partial charge in [0.05, 0.1) is 23.1 Å². The Balaban J connectivity index is 1.96. The Hall–Kier alpha value is -2.85. The number of nitrogens with zero attached hydrogens (tertiary/aromatic N) is 1. The number of nitrogens with one attached hydrogen (secondary N) is 2. The fraction of sp³-hybridized carbons (Fsp3) is 0.125. The molecule has 118 valence electrons. The maximum atomic E-state index is 11.9. The average molecular weight is 329 g/mol. The van der Waals surface area contributed by atoms with Crippen molar-refractivity contribution in [2.75, 3.05) is 23.4 Å². The molecular formula is C16H15N3O3S. The number of rotatable bonds is 5. The lowest BCUT2D eigenvalue weighted by Gasteiger charge is -2.09. The van der Waals surface area contributed by atoms with Gasteiger partial charge in [-0.2, -0.15) is 5.26 Å². The summed E-state index contributed by atoms with van der Waals surface area (Å²) in [6.45, 7) is 0.0228. The molecule has 1 amide bonds. The van der Waals surface area contributed by atoms with Gasteiger partial charge in [-0.05, 0) is 42.5 Å². The molecule has 0 radical (unpaired) electrons. The second kappa shape index (κ2) is 6.94. The van der Waals surface area contributed by atoms with E-state index in [1.54, 1.807) is 36.4 Å². The number of benzene rings is 2. The first-order valence-electron chi connectivity index (χ1n) is 6.72. The van der Waals surface area contributed by atoms with Crippen LogP contribution in [0.15, 0.2) is 53.4 Å². The summed E-state index contributed by atoms with van der Waals surface area (Å²) < 4.78 is 23.0. The number of hydrogen-bond donors (Lipinski definition) is 2. The second-order valence-corrected chi connectivity index (χ2v) is 6.91. The van der Waals surface area contributed by atoms with E-state index in [2.05, 4.69) is 10.6 Å². The third kappa shape index (κ3) is 4.83. The number of amides is 1. The van der Waals surface area contributed by atoms with Gasteiger partial charge >= 0.3 is 0 Å². The van der Waals surface area contributed by atoms with Crippen LogP contribution < -0.4 is 10.6 Å². The summed E-state index contributed by atoms with van der Waals surface area (Å²) in [6, 6.07) is 14.8. The molecule has 0 fully saturated rings. The van der Waals surface area contributed by atoms with Crippen LogP contribution in [0, 0.1) is 11.3 Å². The van der Waals surface area contributed by atoms with Gasteiger partial charge in [0, 0.05) is 17.6 Å². The molecule has 0 spiro atoms. The molecule has 0 aliphatic heterocycles. The van der Waals surface area contributed by atoms with Crippen molar-refractivity contribution < 1.29 is 13.2 Å². The molecule has 2 rings (SSSR count). The van der Waals surface area contributed by atoms with Crippen LogP contribution in [0.25, 0.3) is 0 Å². The fourth-order valence-corrected chi connectivity index (χ4v) is 2.52. The van der Waals surface area contributed by atoms with Gasteiger partial charge in [-0.15, -0.1) is 0 Å². The fourth-order valence-electron chi connectivity index (χ4n) is 1.85. The van der Waals surface area contributed by atoms with Crippen LogP contribution in [0.2, 0.25) is 0 Å². The van der Waals surface area contributed by atoms with E-state index >= 15 is 0 Å². The van der Waals surface area contributed by atoms with E-state index < -0.39 is 9.84 Å². The van der Waals surface area contributed by atoms with E-state index in [4.69, 9.17) is 5.26 Å². The minimum absolute atomic E-state index is 0.0228. The Kier molecular flexibility index (Phi) is 4.98. The quantitative estimate of drug-likeness (QED) is 0.874. The summed E-state index contributed by atoms with van der Waals surface area (Å²) in [7, 11) is -3.32. The highest BCUT2D eigenvalue weighted by Crippen LogP contribution is 2.15. The van der Waals surface area contributed by atoms with E-state index in [-0.39, 0.29) is 17.3 Å². The van der Waals surface area contributed by atoms with Gasteiger partial charge in [0.15, 0.2) is 9.84 Å². The first-order chi connectivity index (χ1) is 10.9. The lowest BCUT2D eigenvalue weighted by molar-refractivity contribution is -0.114. The van der Waals surface area contributed by atoms with Crippen LogP contribution in [0.3, 0.4) is 0 Å². The Bertz CT molecular complexity index is 853. The lowest BCUT2D eigenvalue weighted by Crippen LogP contribution is -2.21. The molecule has 6 nitrogen and oxygen atoms in total. The minimum Gasteiger partial charge on any atom is -0.376 e. The maximum Gasteiger partial charge on any atom is 0.243 e. The maximum absolute atomic E-state index is 11.9. The summed E-state index contributed by atoms with van der Waals surface area (Å²) in [5.74, 6) is -0.306. The molecule has 0 saturated carbocycles. The molecule has 0 aliphatic carbocycles. The van der Waals surface area contributed by atoms with Gasteiger partial charge in [-0.25, -0.2) is 8.42 Å². The first kappa shape index (κ1) is 16.5. The minimum atomic E-state index is -3.32.